The van der Waals surface area contributed by atoms with Crippen molar-refractivity contribution in [2.75, 3.05) is 24.5 Å². The molecular formula is C19H23N3O. The number of aromatic nitrogens is 1. The zero-order chi connectivity index (χ0) is 16.2. The molecule has 0 aliphatic carbocycles. The third kappa shape index (κ3) is 3.21. The van der Waals surface area contributed by atoms with Crippen molar-refractivity contribution in [3.05, 3.63) is 59.4 Å². The van der Waals surface area contributed by atoms with Gasteiger partial charge in [0.2, 0.25) is 0 Å². The van der Waals surface area contributed by atoms with Crippen molar-refractivity contribution in [3.63, 3.8) is 0 Å². The van der Waals surface area contributed by atoms with Gasteiger partial charge in [-0.25, -0.2) is 0 Å². The van der Waals surface area contributed by atoms with Gasteiger partial charge in [-0.15, -0.1) is 0 Å². The van der Waals surface area contributed by atoms with E-state index in [1.807, 2.05) is 26.0 Å². The van der Waals surface area contributed by atoms with Crippen LogP contribution in [0, 0.1) is 0 Å². The normalized spacial score (nSPS) is 13.6. The molecule has 1 aromatic carbocycles. The van der Waals surface area contributed by atoms with E-state index in [1.165, 1.54) is 11.1 Å². The SMILES string of the molecule is CCN(CC)C(=O)c1cc(N2CCc3ccccc3C2)ccn1. The van der Waals surface area contributed by atoms with Crippen LogP contribution < -0.4 is 4.90 Å². The Labute approximate surface area is 137 Å². The van der Waals surface area contributed by atoms with Crippen molar-refractivity contribution in [2.45, 2.75) is 26.8 Å². The Morgan fingerprint density at radius 1 is 1.17 bits per heavy atom. The minimum absolute atomic E-state index is 0.00857. The van der Waals surface area contributed by atoms with Crippen LogP contribution in [0.2, 0.25) is 0 Å². The molecule has 1 amide bonds. The molecule has 2 aromatic rings. The Bertz CT molecular complexity index is 695. The van der Waals surface area contributed by atoms with Crippen molar-refractivity contribution < 1.29 is 4.79 Å². The maximum Gasteiger partial charge on any atom is 0.272 e. The minimum atomic E-state index is 0.00857. The standard InChI is InChI=1S/C19H23N3O/c1-3-21(4-2)19(23)18-13-17(9-11-20-18)22-12-10-15-7-5-6-8-16(15)14-22/h5-9,11,13H,3-4,10,12,14H2,1-2H3. The van der Waals surface area contributed by atoms with E-state index in [4.69, 9.17) is 0 Å². The van der Waals surface area contributed by atoms with Gasteiger partial charge in [0.05, 0.1) is 0 Å². The van der Waals surface area contributed by atoms with E-state index in [9.17, 15) is 4.79 Å². The van der Waals surface area contributed by atoms with Crippen LogP contribution in [0.25, 0.3) is 0 Å². The van der Waals surface area contributed by atoms with Crippen LogP contribution in [0.5, 0.6) is 0 Å². The summed E-state index contributed by atoms with van der Waals surface area (Å²) >= 11 is 0. The molecule has 0 N–H and O–H groups in total. The third-order valence-electron chi connectivity index (χ3n) is 4.51. The van der Waals surface area contributed by atoms with Crippen LogP contribution in [0.4, 0.5) is 5.69 Å². The summed E-state index contributed by atoms with van der Waals surface area (Å²) in [6, 6.07) is 12.5. The van der Waals surface area contributed by atoms with E-state index in [0.717, 1.165) is 25.2 Å². The van der Waals surface area contributed by atoms with E-state index in [-0.39, 0.29) is 5.91 Å². The molecule has 0 spiro atoms. The summed E-state index contributed by atoms with van der Waals surface area (Å²) < 4.78 is 0. The minimum Gasteiger partial charge on any atom is -0.367 e. The molecule has 3 rings (SSSR count). The molecule has 4 nitrogen and oxygen atoms in total. The number of carbonyl (C=O) groups excluding carboxylic acids is 1. The molecule has 0 saturated heterocycles. The number of benzene rings is 1. The molecule has 1 aliphatic heterocycles. The maximum absolute atomic E-state index is 12.5. The summed E-state index contributed by atoms with van der Waals surface area (Å²) in [6.45, 7) is 7.26. The molecule has 120 valence electrons. The predicted molar refractivity (Wildman–Crippen MR) is 92.7 cm³/mol. The molecule has 23 heavy (non-hydrogen) atoms. The fourth-order valence-electron chi connectivity index (χ4n) is 3.12. The van der Waals surface area contributed by atoms with Gasteiger partial charge in [-0.1, -0.05) is 24.3 Å². The average molecular weight is 309 g/mol. The zero-order valence-corrected chi connectivity index (χ0v) is 13.8. The monoisotopic (exact) mass is 309 g/mol. The van der Waals surface area contributed by atoms with E-state index in [1.54, 1.807) is 11.1 Å². The number of fused-ring (bicyclic) bond motifs is 1. The van der Waals surface area contributed by atoms with E-state index in [0.29, 0.717) is 18.8 Å². The molecule has 2 heterocycles. The van der Waals surface area contributed by atoms with Crippen LogP contribution in [-0.2, 0) is 13.0 Å². The van der Waals surface area contributed by atoms with Gasteiger partial charge in [0.15, 0.2) is 0 Å². The number of anilines is 1. The highest BCUT2D eigenvalue weighted by Crippen LogP contribution is 2.24. The second kappa shape index (κ2) is 6.82. The lowest BCUT2D eigenvalue weighted by Gasteiger charge is -2.31. The number of hydrogen-bond donors (Lipinski definition) is 0. The second-order valence-electron chi connectivity index (χ2n) is 5.82. The smallest absolute Gasteiger partial charge is 0.272 e. The first-order chi connectivity index (χ1) is 11.2. The van der Waals surface area contributed by atoms with Crippen molar-refractivity contribution in [1.29, 1.82) is 0 Å². The van der Waals surface area contributed by atoms with E-state index in [2.05, 4.69) is 34.1 Å². The molecule has 1 aromatic heterocycles. The fraction of sp³-hybridized carbons (Fsp3) is 0.368. The Morgan fingerprint density at radius 2 is 1.91 bits per heavy atom. The Morgan fingerprint density at radius 3 is 2.65 bits per heavy atom. The molecule has 0 unspecified atom stereocenters. The van der Waals surface area contributed by atoms with Gasteiger partial charge >= 0.3 is 0 Å². The molecule has 0 bridgehead atoms. The first kappa shape index (κ1) is 15.5. The van der Waals surface area contributed by atoms with Crippen LogP contribution in [0.1, 0.15) is 35.5 Å². The fourth-order valence-corrected chi connectivity index (χ4v) is 3.12. The summed E-state index contributed by atoms with van der Waals surface area (Å²) in [4.78, 5) is 20.9. The second-order valence-corrected chi connectivity index (χ2v) is 5.82. The highest BCUT2D eigenvalue weighted by atomic mass is 16.2. The van der Waals surface area contributed by atoms with Crippen molar-refractivity contribution >= 4 is 11.6 Å². The lowest BCUT2D eigenvalue weighted by molar-refractivity contribution is 0.0767. The third-order valence-corrected chi connectivity index (χ3v) is 4.51. The quantitative estimate of drug-likeness (QED) is 0.870. The summed E-state index contributed by atoms with van der Waals surface area (Å²) in [5, 5.41) is 0. The molecular weight excluding hydrogens is 286 g/mol. The van der Waals surface area contributed by atoms with Crippen molar-refractivity contribution in [3.8, 4) is 0 Å². The summed E-state index contributed by atoms with van der Waals surface area (Å²) in [7, 11) is 0. The number of carbonyl (C=O) groups is 1. The van der Waals surface area contributed by atoms with Crippen LogP contribution in [0.3, 0.4) is 0 Å². The van der Waals surface area contributed by atoms with Gasteiger partial charge < -0.3 is 9.80 Å². The van der Waals surface area contributed by atoms with Crippen molar-refractivity contribution in [2.24, 2.45) is 0 Å². The summed E-state index contributed by atoms with van der Waals surface area (Å²) in [6.07, 6.45) is 2.78. The lowest BCUT2D eigenvalue weighted by Crippen LogP contribution is -2.32. The number of hydrogen-bond acceptors (Lipinski definition) is 3. The van der Waals surface area contributed by atoms with Gasteiger partial charge in [0.25, 0.3) is 5.91 Å². The highest BCUT2D eigenvalue weighted by Gasteiger charge is 2.19. The van der Waals surface area contributed by atoms with E-state index >= 15 is 0 Å². The van der Waals surface area contributed by atoms with Crippen molar-refractivity contribution in [1.82, 2.24) is 9.88 Å². The Kier molecular flexibility index (Phi) is 4.60. The summed E-state index contributed by atoms with van der Waals surface area (Å²) in [5.74, 6) is 0.00857. The topological polar surface area (TPSA) is 36.4 Å². The van der Waals surface area contributed by atoms with Crippen LogP contribution >= 0.6 is 0 Å². The van der Waals surface area contributed by atoms with E-state index < -0.39 is 0 Å². The first-order valence-electron chi connectivity index (χ1n) is 8.30. The first-order valence-corrected chi connectivity index (χ1v) is 8.30. The molecule has 1 aliphatic rings. The van der Waals surface area contributed by atoms with Gasteiger partial charge in [-0.2, -0.15) is 0 Å². The van der Waals surface area contributed by atoms with Gasteiger partial charge in [-0.05, 0) is 43.5 Å². The molecule has 0 fully saturated rings. The average Bonchev–Trinajstić information content (AvgIpc) is 2.62. The number of amides is 1. The largest absolute Gasteiger partial charge is 0.367 e. The molecule has 0 atom stereocenters. The maximum atomic E-state index is 12.5. The zero-order valence-electron chi connectivity index (χ0n) is 13.8. The van der Waals surface area contributed by atoms with Crippen LogP contribution in [0.15, 0.2) is 42.6 Å². The predicted octanol–water partition coefficient (Wildman–Crippen LogP) is 3.13. The Balaban J connectivity index is 1.82. The number of pyridine rings is 1. The van der Waals surface area contributed by atoms with Gasteiger partial charge in [-0.3, -0.25) is 9.78 Å². The van der Waals surface area contributed by atoms with Crippen LogP contribution in [-0.4, -0.2) is 35.4 Å². The number of rotatable bonds is 4. The Hall–Kier alpha value is -2.36. The highest BCUT2D eigenvalue weighted by molar-refractivity contribution is 5.93. The molecule has 4 heteroatoms. The van der Waals surface area contributed by atoms with Gasteiger partial charge in [0.1, 0.15) is 5.69 Å². The summed E-state index contributed by atoms with van der Waals surface area (Å²) in [5.41, 5.74) is 4.40. The number of nitrogens with zero attached hydrogens (tertiary/aromatic N) is 3. The molecule has 0 radical (unpaired) electrons. The van der Waals surface area contributed by atoms with Gasteiger partial charge in [0, 0.05) is 38.1 Å². The molecule has 0 saturated carbocycles. The lowest BCUT2D eigenvalue weighted by atomic mass is 9.99.